The molecule has 3 saturated heterocycles. The molecule has 2 N–H and O–H groups in total. The third-order valence-electron chi connectivity index (χ3n) is 4.12. The molecule has 2 amide bonds. The molecule has 0 spiro atoms. The zero-order chi connectivity index (χ0) is 12.5. The van der Waals surface area contributed by atoms with Crippen molar-refractivity contribution in [2.75, 3.05) is 18.8 Å². The van der Waals surface area contributed by atoms with Crippen LogP contribution in [0.3, 0.4) is 0 Å². The number of hydrogen-bond acceptors (Lipinski definition) is 4. The maximum absolute atomic E-state index is 12.4. The Kier molecular flexibility index (Phi) is 3.48. The predicted octanol–water partition coefficient (Wildman–Crippen LogP) is 0.554. The summed E-state index contributed by atoms with van der Waals surface area (Å²) in [6, 6.07) is 0.494. The van der Waals surface area contributed by atoms with Crippen LogP contribution in [0.5, 0.6) is 0 Å². The van der Waals surface area contributed by atoms with E-state index in [4.69, 9.17) is 0 Å². The largest absolute Gasteiger partial charge is 0.336 e. The molecule has 5 nitrogen and oxygen atoms in total. The molecule has 0 aliphatic carbocycles. The summed E-state index contributed by atoms with van der Waals surface area (Å²) >= 11 is 1.21. The molecule has 3 heterocycles. The number of amides is 2. The van der Waals surface area contributed by atoms with Crippen molar-refractivity contribution in [2.45, 2.75) is 43.8 Å². The third-order valence-corrected chi connectivity index (χ3v) is 5.00. The molecule has 100 valence electrons. The van der Waals surface area contributed by atoms with E-state index in [2.05, 4.69) is 10.6 Å². The lowest BCUT2D eigenvalue weighted by atomic mass is 10.0. The van der Waals surface area contributed by atoms with Crippen molar-refractivity contribution in [3.8, 4) is 0 Å². The Labute approximate surface area is 111 Å². The summed E-state index contributed by atoms with van der Waals surface area (Å²) < 4.78 is 0. The Morgan fingerprint density at radius 1 is 1.33 bits per heavy atom. The highest BCUT2D eigenvalue weighted by Gasteiger charge is 2.40. The molecule has 0 bridgehead atoms. The molecule has 0 saturated carbocycles. The zero-order valence-corrected chi connectivity index (χ0v) is 11.2. The van der Waals surface area contributed by atoms with Gasteiger partial charge in [0.1, 0.15) is 6.04 Å². The fourth-order valence-corrected chi connectivity index (χ4v) is 4.01. The Morgan fingerprint density at radius 2 is 2.22 bits per heavy atom. The van der Waals surface area contributed by atoms with E-state index in [9.17, 15) is 9.59 Å². The summed E-state index contributed by atoms with van der Waals surface area (Å²) in [5.74, 6) is 0.698. The summed E-state index contributed by atoms with van der Waals surface area (Å²) in [6.45, 7) is 1.91. The fourth-order valence-electron chi connectivity index (χ4n) is 3.24. The summed E-state index contributed by atoms with van der Waals surface area (Å²) in [7, 11) is 0. The van der Waals surface area contributed by atoms with Crippen molar-refractivity contribution in [2.24, 2.45) is 0 Å². The van der Waals surface area contributed by atoms with Crippen molar-refractivity contribution < 1.29 is 9.59 Å². The monoisotopic (exact) mass is 269 g/mol. The van der Waals surface area contributed by atoms with Crippen molar-refractivity contribution >= 4 is 22.9 Å². The Morgan fingerprint density at radius 3 is 2.89 bits per heavy atom. The average Bonchev–Trinajstić information content (AvgIpc) is 3.08. The first-order valence-corrected chi connectivity index (χ1v) is 7.71. The number of rotatable bonds is 2. The van der Waals surface area contributed by atoms with Crippen LogP contribution < -0.4 is 10.6 Å². The summed E-state index contributed by atoms with van der Waals surface area (Å²) in [6.07, 6.45) is 4.55. The molecule has 3 rings (SSSR count). The number of nitrogens with one attached hydrogen (secondary N) is 2. The van der Waals surface area contributed by atoms with Gasteiger partial charge in [0.2, 0.25) is 5.91 Å². The summed E-state index contributed by atoms with van der Waals surface area (Å²) in [5, 5.41) is 6.18. The molecule has 0 aromatic rings. The molecule has 0 aromatic carbocycles. The molecule has 0 radical (unpaired) electrons. The van der Waals surface area contributed by atoms with Crippen LogP contribution >= 0.6 is 11.8 Å². The van der Waals surface area contributed by atoms with Gasteiger partial charge in [-0.25, -0.2) is 0 Å². The first-order chi connectivity index (χ1) is 8.75. The van der Waals surface area contributed by atoms with Crippen molar-refractivity contribution in [1.82, 2.24) is 15.5 Å². The van der Waals surface area contributed by atoms with Gasteiger partial charge in [-0.05, 0) is 32.2 Å². The van der Waals surface area contributed by atoms with Gasteiger partial charge in [-0.1, -0.05) is 11.8 Å². The third kappa shape index (κ3) is 2.23. The van der Waals surface area contributed by atoms with Crippen LogP contribution in [0.1, 0.15) is 25.7 Å². The van der Waals surface area contributed by atoms with Gasteiger partial charge in [-0.3, -0.25) is 9.59 Å². The van der Waals surface area contributed by atoms with E-state index in [-0.39, 0.29) is 17.2 Å². The van der Waals surface area contributed by atoms with Gasteiger partial charge in [-0.2, -0.15) is 0 Å². The quantitative estimate of drug-likeness (QED) is 0.769. The van der Waals surface area contributed by atoms with Crippen LogP contribution in [0.25, 0.3) is 0 Å². The van der Waals surface area contributed by atoms with Gasteiger partial charge in [0, 0.05) is 24.4 Å². The average molecular weight is 269 g/mol. The second-order valence-electron chi connectivity index (χ2n) is 5.24. The standard InChI is InChI=1S/C12H19N3O2S/c16-11(9-7-18-12(17)14-9)15-6-2-4-10(15)8-3-1-5-13-8/h8-10,13H,1-7H2,(H,14,17). The lowest BCUT2D eigenvalue weighted by Crippen LogP contribution is -2.52. The smallest absolute Gasteiger partial charge is 0.279 e. The number of hydrogen-bond donors (Lipinski definition) is 2. The van der Waals surface area contributed by atoms with E-state index in [1.807, 2.05) is 4.90 Å². The van der Waals surface area contributed by atoms with Gasteiger partial charge in [0.05, 0.1) is 0 Å². The van der Waals surface area contributed by atoms with E-state index >= 15 is 0 Å². The van der Waals surface area contributed by atoms with Gasteiger partial charge in [0.25, 0.3) is 5.24 Å². The highest BCUT2D eigenvalue weighted by Crippen LogP contribution is 2.26. The Bertz CT molecular complexity index is 357. The van der Waals surface area contributed by atoms with Gasteiger partial charge in [0.15, 0.2) is 0 Å². The van der Waals surface area contributed by atoms with E-state index in [0.717, 1.165) is 25.9 Å². The molecule has 6 heteroatoms. The second kappa shape index (κ2) is 5.09. The van der Waals surface area contributed by atoms with Gasteiger partial charge < -0.3 is 15.5 Å². The van der Waals surface area contributed by atoms with Gasteiger partial charge in [-0.15, -0.1) is 0 Å². The number of carbonyl (C=O) groups excluding carboxylic acids is 2. The molecule has 0 aromatic heterocycles. The molecular weight excluding hydrogens is 250 g/mol. The highest BCUT2D eigenvalue weighted by atomic mass is 32.2. The van der Waals surface area contributed by atoms with E-state index in [1.165, 1.54) is 24.6 Å². The first-order valence-electron chi connectivity index (χ1n) is 6.73. The maximum atomic E-state index is 12.4. The minimum atomic E-state index is -0.301. The minimum absolute atomic E-state index is 0.0666. The fraction of sp³-hybridized carbons (Fsp3) is 0.833. The van der Waals surface area contributed by atoms with Crippen LogP contribution in [0.2, 0.25) is 0 Å². The summed E-state index contributed by atoms with van der Waals surface area (Å²) in [5.41, 5.74) is 0. The molecule has 3 fully saturated rings. The predicted molar refractivity (Wildman–Crippen MR) is 70.5 cm³/mol. The number of carbonyl (C=O) groups is 2. The first kappa shape index (κ1) is 12.3. The normalized spacial score (nSPS) is 36.1. The van der Waals surface area contributed by atoms with Gasteiger partial charge >= 0.3 is 0 Å². The van der Waals surface area contributed by atoms with E-state index < -0.39 is 0 Å². The number of thioether (sulfide) groups is 1. The lowest BCUT2D eigenvalue weighted by Gasteiger charge is -2.31. The minimum Gasteiger partial charge on any atom is -0.336 e. The molecule has 18 heavy (non-hydrogen) atoms. The van der Waals surface area contributed by atoms with Crippen LogP contribution in [0.4, 0.5) is 4.79 Å². The van der Waals surface area contributed by atoms with Crippen molar-refractivity contribution in [3.05, 3.63) is 0 Å². The molecular formula is C12H19N3O2S. The van der Waals surface area contributed by atoms with Crippen LogP contribution in [-0.2, 0) is 4.79 Å². The molecule has 3 aliphatic heterocycles. The summed E-state index contributed by atoms with van der Waals surface area (Å²) in [4.78, 5) is 25.6. The maximum Gasteiger partial charge on any atom is 0.279 e. The highest BCUT2D eigenvalue weighted by molar-refractivity contribution is 8.14. The van der Waals surface area contributed by atoms with Crippen LogP contribution in [-0.4, -0.2) is 53.0 Å². The van der Waals surface area contributed by atoms with E-state index in [0.29, 0.717) is 17.8 Å². The SMILES string of the molecule is O=C1NC(C(=O)N2CCCC2C2CCCN2)CS1. The van der Waals surface area contributed by atoms with Crippen LogP contribution in [0.15, 0.2) is 0 Å². The molecule has 3 unspecified atom stereocenters. The van der Waals surface area contributed by atoms with Crippen molar-refractivity contribution in [1.29, 1.82) is 0 Å². The zero-order valence-electron chi connectivity index (χ0n) is 10.4. The number of nitrogens with zero attached hydrogens (tertiary/aromatic N) is 1. The van der Waals surface area contributed by atoms with E-state index in [1.54, 1.807) is 0 Å². The topological polar surface area (TPSA) is 61.4 Å². The lowest BCUT2D eigenvalue weighted by molar-refractivity contribution is -0.133. The van der Waals surface area contributed by atoms with Crippen LogP contribution in [0, 0.1) is 0 Å². The second-order valence-corrected chi connectivity index (χ2v) is 6.23. The van der Waals surface area contributed by atoms with Crippen molar-refractivity contribution in [3.63, 3.8) is 0 Å². The molecule has 3 aliphatic rings. The molecule has 3 atom stereocenters. The Hall–Kier alpha value is -0.750. The Balaban J connectivity index is 1.66. The number of likely N-dealkylation sites (tertiary alicyclic amines) is 1.